The first-order chi connectivity index (χ1) is 17.7. The maximum atomic E-state index is 12.6. The van der Waals surface area contributed by atoms with Gasteiger partial charge < -0.3 is 20.9 Å². The average Bonchev–Trinajstić information content (AvgIpc) is 2.87. The molecule has 198 valence electrons. The lowest BCUT2D eigenvalue weighted by molar-refractivity contribution is -0.140. The van der Waals surface area contributed by atoms with Crippen molar-refractivity contribution in [2.75, 3.05) is 18.1 Å². The minimum atomic E-state index is -0.461. The number of nitrogens with two attached hydrogens (primary N) is 2. The van der Waals surface area contributed by atoms with E-state index in [0.717, 1.165) is 43.2 Å². The van der Waals surface area contributed by atoms with Crippen LogP contribution in [0.5, 0.6) is 5.75 Å². The molecule has 37 heavy (non-hydrogen) atoms. The Morgan fingerprint density at radius 3 is 2.41 bits per heavy atom. The van der Waals surface area contributed by atoms with Crippen molar-refractivity contribution in [2.45, 2.75) is 64.2 Å². The van der Waals surface area contributed by atoms with Crippen LogP contribution in [-0.2, 0) is 19.7 Å². The fourth-order valence-corrected chi connectivity index (χ4v) is 4.82. The Morgan fingerprint density at radius 1 is 1.05 bits per heavy atom. The summed E-state index contributed by atoms with van der Waals surface area (Å²) in [7, 11) is 0. The summed E-state index contributed by atoms with van der Waals surface area (Å²) in [5, 5.41) is 0. The van der Waals surface area contributed by atoms with Crippen molar-refractivity contribution >= 4 is 29.4 Å². The number of benzene rings is 2. The normalized spacial score (nSPS) is 17.9. The molecule has 0 bridgehead atoms. The standard InChI is InChI=1S/C31H40N2O4/c1-4-5-6-7-22-8-13-24(14-9-22)30(35)37-26-16-10-23(11-17-26)12-19-29(34)36-21-31(2,3)27-18-15-25(32)20-28(27)33/h4,10-12,15-20,22,24H,1,5-9,13-14,21,32-33H2,2-3H3/b19-12+. The van der Waals surface area contributed by atoms with Crippen LogP contribution in [0.4, 0.5) is 11.4 Å². The molecule has 0 amide bonds. The molecule has 0 aromatic heterocycles. The monoisotopic (exact) mass is 504 g/mol. The first-order valence-corrected chi connectivity index (χ1v) is 13.1. The molecule has 6 heteroatoms. The molecule has 2 aromatic carbocycles. The Bertz CT molecular complexity index is 1100. The van der Waals surface area contributed by atoms with E-state index in [9.17, 15) is 9.59 Å². The number of nitrogen functional groups attached to an aromatic ring is 2. The largest absolute Gasteiger partial charge is 0.462 e. The van der Waals surface area contributed by atoms with E-state index >= 15 is 0 Å². The lowest BCUT2D eigenvalue weighted by Gasteiger charge is -2.27. The van der Waals surface area contributed by atoms with Crippen LogP contribution in [0.2, 0.25) is 0 Å². The van der Waals surface area contributed by atoms with E-state index < -0.39 is 11.4 Å². The highest BCUT2D eigenvalue weighted by molar-refractivity contribution is 5.87. The molecule has 2 aromatic rings. The zero-order chi connectivity index (χ0) is 26.8. The molecule has 4 N–H and O–H groups in total. The smallest absolute Gasteiger partial charge is 0.330 e. The van der Waals surface area contributed by atoms with Crippen LogP contribution in [0.1, 0.15) is 69.9 Å². The van der Waals surface area contributed by atoms with Crippen molar-refractivity contribution < 1.29 is 19.1 Å². The summed E-state index contributed by atoms with van der Waals surface area (Å²) >= 11 is 0. The van der Waals surface area contributed by atoms with Gasteiger partial charge in [0, 0.05) is 22.9 Å². The molecule has 3 rings (SSSR count). The van der Waals surface area contributed by atoms with Crippen LogP contribution < -0.4 is 16.2 Å². The summed E-state index contributed by atoms with van der Waals surface area (Å²) < 4.78 is 11.1. The third-order valence-corrected chi connectivity index (χ3v) is 7.09. The topological polar surface area (TPSA) is 105 Å². The predicted octanol–water partition coefficient (Wildman–Crippen LogP) is 6.45. The molecule has 1 aliphatic carbocycles. The van der Waals surface area contributed by atoms with E-state index in [-0.39, 0.29) is 18.5 Å². The molecule has 0 unspecified atom stereocenters. The van der Waals surface area contributed by atoms with E-state index in [4.69, 9.17) is 20.9 Å². The van der Waals surface area contributed by atoms with E-state index in [2.05, 4.69) is 6.58 Å². The summed E-state index contributed by atoms with van der Waals surface area (Å²) in [6.45, 7) is 7.88. The number of ether oxygens (including phenoxy) is 2. The molecule has 1 fully saturated rings. The minimum absolute atomic E-state index is 0.0298. The number of hydrogen-bond acceptors (Lipinski definition) is 6. The molecule has 0 spiro atoms. The zero-order valence-corrected chi connectivity index (χ0v) is 22.1. The molecule has 1 aliphatic rings. The Kier molecular flexibility index (Phi) is 9.95. The van der Waals surface area contributed by atoms with Gasteiger partial charge in [-0.1, -0.05) is 44.5 Å². The third kappa shape index (κ3) is 8.52. The second kappa shape index (κ2) is 13.1. The second-order valence-electron chi connectivity index (χ2n) is 10.6. The minimum Gasteiger partial charge on any atom is -0.462 e. The molecular formula is C31H40N2O4. The van der Waals surface area contributed by atoms with Gasteiger partial charge in [-0.05, 0) is 85.9 Å². The van der Waals surface area contributed by atoms with Gasteiger partial charge in [0.15, 0.2) is 0 Å². The number of allylic oxidation sites excluding steroid dienone is 1. The van der Waals surface area contributed by atoms with Gasteiger partial charge in [-0.3, -0.25) is 4.79 Å². The van der Waals surface area contributed by atoms with Gasteiger partial charge in [0.25, 0.3) is 0 Å². The molecule has 0 atom stereocenters. The molecule has 0 saturated heterocycles. The van der Waals surface area contributed by atoms with Crippen LogP contribution in [0, 0.1) is 11.8 Å². The molecular weight excluding hydrogens is 464 g/mol. The van der Waals surface area contributed by atoms with Crippen LogP contribution in [0.25, 0.3) is 6.08 Å². The fourth-order valence-electron chi connectivity index (χ4n) is 4.82. The fraction of sp³-hybridized carbons (Fsp3) is 0.419. The van der Waals surface area contributed by atoms with Gasteiger partial charge in [-0.2, -0.15) is 0 Å². The zero-order valence-electron chi connectivity index (χ0n) is 22.1. The summed E-state index contributed by atoms with van der Waals surface area (Å²) in [6.07, 6.45) is 12.4. The van der Waals surface area contributed by atoms with Crippen molar-refractivity contribution in [1.29, 1.82) is 0 Å². The van der Waals surface area contributed by atoms with Gasteiger partial charge in [0.1, 0.15) is 12.4 Å². The van der Waals surface area contributed by atoms with Crippen LogP contribution in [0.15, 0.2) is 61.2 Å². The second-order valence-corrected chi connectivity index (χ2v) is 10.6. The van der Waals surface area contributed by atoms with Crippen molar-refractivity contribution in [1.82, 2.24) is 0 Å². The van der Waals surface area contributed by atoms with Gasteiger partial charge in [-0.15, -0.1) is 6.58 Å². The quantitative estimate of drug-likeness (QED) is 0.0909. The number of unbranched alkanes of at least 4 members (excludes halogenated alkanes) is 1. The maximum absolute atomic E-state index is 12.6. The molecule has 0 heterocycles. The van der Waals surface area contributed by atoms with E-state index in [1.54, 1.807) is 30.3 Å². The number of anilines is 2. The van der Waals surface area contributed by atoms with Crippen molar-refractivity contribution in [3.05, 3.63) is 72.3 Å². The Morgan fingerprint density at radius 2 is 1.76 bits per heavy atom. The van der Waals surface area contributed by atoms with Crippen LogP contribution in [-0.4, -0.2) is 18.5 Å². The van der Waals surface area contributed by atoms with Gasteiger partial charge >= 0.3 is 11.9 Å². The van der Waals surface area contributed by atoms with Crippen molar-refractivity contribution in [3.63, 3.8) is 0 Å². The van der Waals surface area contributed by atoms with Crippen molar-refractivity contribution in [3.8, 4) is 5.75 Å². The van der Waals surface area contributed by atoms with Crippen molar-refractivity contribution in [2.24, 2.45) is 11.8 Å². The summed E-state index contributed by atoms with van der Waals surface area (Å²) in [5.41, 5.74) is 14.3. The van der Waals surface area contributed by atoms with E-state index in [0.29, 0.717) is 23.0 Å². The number of esters is 2. The van der Waals surface area contributed by atoms with E-state index in [1.165, 1.54) is 18.9 Å². The number of carbonyl (C=O) groups is 2. The average molecular weight is 505 g/mol. The predicted molar refractivity (Wildman–Crippen MR) is 150 cm³/mol. The Balaban J connectivity index is 1.44. The Hall–Kier alpha value is -3.54. The van der Waals surface area contributed by atoms with Gasteiger partial charge in [0.2, 0.25) is 0 Å². The summed E-state index contributed by atoms with van der Waals surface area (Å²) in [5.74, 6) is 0.598. The highest BCUT2D eigenvalue weighted by atomic mass is 16.5. The Labute approximate surface area is 220 Å². The summed E-state index contributed by atoms with van der Waals surface area (Å²) in [6, 6.07) is 12.5. The first-order valence-electron chi connectivity index (χ1n) is 13.1. The van der Waals surface area contributed by atoms with Crippen LogP contribution in [0.3, 0.4) is 0 Å². The SMILES string of the molecule is C=CCCCC1CCC(C(=O)Oc2ccc(/C=C/C(=O)OCC(C)(C)c3ccc(N)cc3N)cc2)CC1. The van der Waals surface area contributed by atoms with Gasteiger partial charge in [-0.25, -0.2) is 4.79 Å². The number of hydrogen-bond donors (Lipinski definition) is 2. The van der Waals surface area contributed by atoms with Gasteiger partial charge in [0.05, 0.1) is 5.92 Å². The highest BCUT2D eigenvalue weighted by Gasteiger charge is 2.27. The molecule has 1 saturated carbocycles. The maximum Gasteiger partial charge on any atom is 0.330 e. The number of carbonyl (C=O) groups excluding carboxylic acids is 2. The molecule has 0 radical (unpaired) electrons. The molecule has 0 aliphatic heterocycles. The highest BCUT2D eigenvalue weighted by Crippen LogP contribution is 2.33. The van der Waals surface area contributed by atoms with E-state index in [1.807, 2.05) is 38.1 Å². The summed E-state index contributed by atoms with van der Waals surface area (Å²) in [4.78, 5) is 24.9. The first kappa shape index (κ1) is 28.0. The lowest BCUT2D eigenvalue weighted by Crippen LogP contribution is -2.27. The lowest BCUT2D eigenvalue weighted by atomic mass is 9.80. The van der Waals surface area contributed by atoms with Crippen LogP contribution >= 0.6 is 0 Å². The third-order valence-electron chi connectivity index (χ3n) is 7.09. The number of rotatable bonds is 11. The molecule has 6 nitrogen and oxygen atoms in total.